The third-order valence-corrected chi connectivity index (χ3v) is 3.52. The highest BCUT2D eigenvalue weighted by Crippen LogP contribution is 2.26. The minimum Gasteiger partial charge on any atom is -0.324 e. The lowest BCUT2D eigenvalue weighted by Crippen LogP contribution is -2.10. The molecule has 0 saturated heterocycles. The predicted octanol–water partition coefficient (Wildman–Crippen LogP) is 4.67. The Labute approximate surface area is 116 Å². The Hall–Kier alpha value is -1.60. The standard InChI is InChI=1S/C18H23N/c1-13(19)14-5-7-15(8-6-14)16-9-11-17(12-10-16)18(2,3)4/h5-13H,19H2,1-4H3. The molecule has 1 heteroatoms. The van der Waals surface area contributed by atoms with Crippen LogP contribution in [-0.2, 0) is 5.41 Å². The van der Waals surface area contributed by atoms with E-state index >= 15 is 0 Å². The molecular formula is C18H23N. The molecule has 0 radical (unpaired) electrons. The minimum absolute atomic E-state index is 0.0947. The maximum Gasteiger partial charge on any atom is 0.0266 e. The fraction of sp³-hybridized carbons (Fsp3) is 0.333. The fourth-order valence-electron chi connectivity index (χ4n) is 2.14. The van der Waals surface area contributed by atoms with Crippen LogP contribution in [0.4, 0.5) is 0 Å². The fourth-order valence-corrected chi connectivity index (χ4v) is 2.14. The quantitative estimate of drug-likeness (QED) is 0.827. The monoisotopic (exact) mass is 253 g/mol. The second kappa shape index (κ2) is 5.18. The van der Waals surface area contributed by atoms with Gasteiger partial charge in [0.2, 0.25) is 0 Å². The molecule has 2 rings (SSSR count). The Kier molecular flexibility index (Phi) is 3.77. The lowest BCUT2D eigenvalue weighted by Gasteiger charge is -2.19. The summed E-state index contributed by atoms with van der Waals surface area (Å²) in [5.41, 5.74) is 11.1. The van der Waals surface area contributed by atoms with Crippen LogP contribution in [-0.4, -0.2) is 0 Å². The van der Waals surface area contributed by atoms with Crippen molar-refractivity contribution in [3.05, 3.63) is 59.7 Å². The Morgan fingerprint density at radius 3 is 1.58 bits per heavy atom. The number of benzene rings is 2. The van der Waals surface area contributed by atoms with Crippen molar-refractivity contribution in [1.29, 1.82) is 0 Å². The molecule has 0 aliphatic rings. The second-order valence-electron chi connectivity index (χ2n) is 6.24. The number of hydrogen-bond acceptors (Lipinski definition) is 1. The van der Waals surface area contributed by atoms with E-state index in [1.807, 2.05) is 6.92 Å². The van der Waals surface area contributed by atoms with Crippen LogP contribution in [0.1, 0.15) is 44.9 Å². The SMILES string of the molecule is CC(N)c1ccc(-c2ccc(C(C)(C)C)cc2)cc1. The molecule has 0 aliphatic carbocycles. The lowest BCUT2D eigenvalue weighted by molar-refractivity contribution is 0.590. The number of rotatable bonds is 2. The van der Waals surface area contributed by atoms with Gasteiger partial charge in [-0.2, -0.15) is 0 Å². The van der Waals surface area contributed by atoms with Gasteiger partial charge in [-0.15, -0.1) is 0 Å². The van der Waals surface area contributed by atoms with E-state index in [1.165, 1.54) is 22.3 Å². The minimum atomic E-state index is 0.0947. The molecule has 2 aromatic rings. The maximum absolute atomic E-state index is 5.87. The van der Waals surface area contributed by atoms with Crippen molar-refractivity contribution in [3.8, 4) is 11.1 Å². The first kappa shape index (κ1) is 13.8. The summed E-state index contributed by atoms with van der Waals surface area (Å²) >= 11 is 0. The summed E-state index contributed by atoms with van der Waals surface area (Å²) in [4.78, 5) is 0. The average molecular weight is 253 g/mol. The van der Waals surface area contributed by atoms with Gasteiger partial charge in [0.05, 0.1) is 0 Å². The summed E-state index contributed by atoms with van der Waals surface area (Å²) in [6.07, 6.45) is 0. The summed E-state index contributed by atoms with van der Waals surface area (Å²) < 4.78 is 0. The molecule has 0 amide bonds. The van der Waals surface area contributed by atoms with Crippen LogP contribution in [0.3, 0.4) is 0 Å². The van der Waals surface area contributed by atoms with Gasteiger partial charge in [0.1, 0.15) is 0 Å². The molecule has 0 fully saturated rings. The molecule has 1 nitrogen and oxygen atoms in total. The Balaban J connectivity index is 2.27. The zero-order valence-corrected chi connectivity index (χ0v) is 12.3. The van der Waals surface area contributed by atoms with Crippen LogP contribution >= 0.6 is 0 Å². The molecule has 1 unspecified atom stereocenters. The highest BCUT2D eigenvalue weighted by molar-refractivity contribution is 5.64. The summed E-state index contributed by atoms with van der Waals surface area (Å²) in [7, 11) is 0. The van der Waals surface area contributed by atoms with Crippen LogP contribution in [0.15, 0.2) is 48.5 Å². The summed E-state index contributed by atoms with van der Waals surface area (Å²) in [6, 6.07) is 17.4. The van der Waals surface area contributed by atoms with Gasteiger partial charge in [0.15, 0.2) is 0 Å². The van der Waals surface area contributed by atoms with Crippen LogP contribution in [0.2, 0.25) is 0 Å². The van der Waals surface area contributed by atoms with Crippen molar-refractivity contribution in [3.63, 3.8) is 0 Å². The van der Waals surface area contributed by atoms with Gasteiger partial charge >= 0.3 is 0 Å². The van der Waals surface area contributed by atoms with Crippen molar-refractivity contribution in [2.45, 2.75) is 39.2 Å². The molecule has 2 N–H and O–H groups in total. The summed E-state index contributed by atoms with van der Waals surface area (Å²) in [5.74, 6) is 0. The first-order valence-electron chi connectivity index (χ1n) is 6.84. The first-order valence-corrected chi connectivity index (χ1v) is 6.84. The molecule has 1 atom stereocenters. The molecule has 0 saturated carbocycles. The lowest BCUT2D eigenvalue weighted by atomic mass is 9.86. The van der Waals surface area contributed by atoms with Gasteiger partial charge in [-0.3, -0.25) is 0 Å². The van der Waals surface area contributed by atoms with Crippen molar-refractivity contribution < 1.29 is 0 Å². The van der Waals surface area contributed by atoms with E-state index in [-0.39, 0.29) is 11.5 Å². The third kappa shape index (κ3) is 3.24. The molecule has 0 bridgehead atoms. The van der Waals surface area contributed by atoms with E-state index in [1.54, 1.807) is 0 Å². The van der Waals surface area contributed by atoms with Gasteiger partial charge in [-0.25, -0.2) is 0 Å². The van der Waals surface area contributed by atoms with Gasteiger partial charge in [0.25, 0.3) is 0 Å². The Morgan fingerprint density at radius 2 is 1.21 bits per heavy atom. The van der Waals surface area contributed by atoms with E-state index in [4.69, 9.17) is 5.73 Å². The maximum atomic E-state index is 5.87. The normalized spacial score (nSPS) is 13.3. The zero-order valence-electron chi connectivity index (χ0n) is 12.3. The largest absolute Gasteiger partial charge is 0.324 e. The third-order valence-electron chi connectivity index (χ3n) is 3.52. The van der Waals surface area contributed by atoms with Crippen LogP contribution in [0.25, 0.3) is 11.1 Å². The van der Waals surface area contributed by atoms with Crippen molar-refractivity contribution >= 4 is 0 Å². The van der Waals surface area contributed by atoms with Gasteiger partial charge in [0, 0.05) is 6.04 Å². The van der Waals surface area contributed by atoms with E-state index in [0.29, 0.717) is 0 Å². The van der Waals surface area contributed by atoms with Crippen LogP contribution in [0, 0.1) is 0 Å². The topological polar surface area (TPSA) is 26.0 Å². The molecular weight excluding hydrogens is 230 g/mol. The molecule has 0 spiro atoms. The van der Waals surface area contributed by atoms with Crippen molar-refractivity contribution in [2.24, 2.45) is 5.73 Å². The number of hydrogen-bond donors (Lipinski definition) is 1. The van der Waals surface area contributed by atoms with Crippen molar-refractivity contribution in [2.75, 3.05) is 0 Å². The Morgan fingerprint density at radius 1 is 0.789 bits per heavy atom. The number of nitrogens with two attached hydrogens (primary N) is 1. The van der Waals surface area contributed by atoms with Crippen LogP contribution < -0.4 is 5.73 Å². The summed E-state index contributed by atoms with van der Waals surface area (Å²) in [5, 5.41) is 0. The van der Waals surface area contributed by atoms with Crippen LogP contribution in [0.5, 0.6) is 0 Å². The second-order valence-corrected chi connectivity index (χ2v) is 6.24. The molecule has 2 aromatic carbocycles. The molecule has 100 valence electrons. The zero-order chi connectivity index (χ0) is 14.0. The van der Waals surface area contributed by atoms with Gasteiger partial charge in [-0.05, 0) is 34.6 Å². The van der Waals surface area contributed by atoms with E-state index in [2.05, 4.69) is 69.3 Å². The van der Waals surface area contributed by atoms with Gasteiger partial charge < -0.3 is 5.73 Å². The molecule has 0 aliphatic heterocycles. The molecule has 0 heterocycles. The predicted molar refractivity (Wildman–Crippen MR) is 83.2 cm³/mol. The first-order chi connectivity index (χ1) is 8.88. The highest BCUT2D eigenvalue weighted by Gasteiger charge is 2.13. The summed E-state index contributed by atoms with van der Waals surface area (Å²) in [6.45, 7) is 8.71. The smallest absolute Gasteiger partial charge is 0.0266 e. The van der Waals surface area contributed by atoms with E-state index in [9.17, 15) is 0 Å². The van der Waals surface area contributed by atoms with Gasteiger partial charge in [-0.1, -0.05) is 69.3 Å². The average Bonchev–Trinajstić information content (AvgIpc) is 2.38. The van der Waals surface area contributed by atoms with E-state index < -0.39 is 0 Å². The molecule has 19 heavy (non-hydrogen) atoms. The highest BCUT2D eigenvalue weighted by atomic mass is 14.6. The van der Waals surface area contributed by atoms with E-state index in [0.717, 1.165) is 0 Å². The Bertz CT molecular complexity index is 527. The van der Waals surface area contributed by atoms with Crippen molar-refractivity contribution in [1.82, 2.24) is 0 Å². The molecule has 0 aromatic heterocycles.